The van der Waals surface area contributed by atoms with Crippen molar-refractivity contribution in [3.8, 4) is 5.75 Å². The minimum absolute atomic E-state index is 0.138. The molecular weight excluding hydrogens is 428 g/mol. The number of amides is 1. The van der Waals surface area contributed by atoms with Gasteiger partial charge in [0.1, 0.15) is 11.5 Å². The van der Waals surface area contributed by atoms with Crippen LogP contribution in [0.3, 0.4) is 0 Å². The molecule has 2 aromatic rings. The zero-order valence-electron chi connectivity index (χ0n) is 21.1. The van der Waals surface area contributed by atoms with E-state index in [0.717, 1.165) is 35.4 Å². The molecule has 6 heteroatoms. The number of benzene rings is 2. The van der Waals surface area contributed by atoms with Crippen LogP contribution >= 0.6 is 0 Å². The van der Waals surface area contributed by atoms with Crippen LogP contribution in [-0.2, 0) is 9.59 Å². The van der Waals surface area contributed by atoms with Crippen molar-refractivity contribution in [3.05, 3.63) is 70.3 Å². The van der Waals surface area contributed by atoms with Gasteiger partial charge in [-0.05, 0) is 76.2 Å². The van der Waals surface area contributed by atoms with Crippen molar-refractivity contribution in [2.24, 2.45) is 0 Å². The number of aryl methyl sites for hydroxylation is 1. The van der Waals surface area contributed by atoms with Crippen LogP contribution in [0, 0.1) is 6.92 Å². The number of carbonyl (C=O) groups is 2. The molecule has 0 radical (unpaired) electrons. The average Bonchev–Trinajstić information content (AvgIpc) is 3.03. The van der Waals surface area contributed by atoms with Crippen molar-refractivity contribution in [1.29, 1.82) is 0 Å². The highest BCUT2D eigenvalue weighted by atomic mass is 16.5. The van der Waals surface area contributed by atoms with Gasteiger partial charge in [0.2, 0.25) is 0 Å². The lowest BCUT2D eigenvalue weighted by Crippen LogP contribution is -2.32. The Morgan fingerprint density at radius 3 is 2.50 bits per heavy atom. The number of nitrogens with zero attached hydrogens (tertiary/aromatic N) is 2. The molecule has 1 saturated heterocycles. The van der Waals surface area contributed by atoms with Gasteiger partial charge in [-0.15, -0.1) is 0 Å². The number of carbonyl (C=O) groups excluding carboxylic acids is 2. The van der Waals surface area contributed by atoms with E-state index in [0.29, 0.717) is 18.7 Å². The molecule has 0 saturated carbocycles. The fourth-order valence-electron chi connectivity index (χ4n) is 4.44. The summed E-state index contributed by atoms with van der Waals surface area (Å²) in [5, 5.41) is 11.4. The molecule has 0 bridgehead atoms. The number of hydrogen-bond acceptors (Lipinski definition) is 5. The average molecular weight is 465 g/mol. The van der Waals surface area contributed by atoms with Gasteiger partial charge >= 0.3 is 0 Å². The Labute approximate surface area is 202 Å². The molecule has 1 aliphatic heterocycles. The van der Waals surface area contributed by atoms with Gasteiger partial charge in [-0.1, -0.05) is 43.7 Å². The van der Waals surface area contributed by atoms with Crippen molar-refractivity contribution in [2.75, 3.05) is 33.8 Å². The first-order valence-electron chi connectivity index (χ1n) is 11.9. The number of ketones is 1. The van der Waals surface area contributed by atoms with Crippen LogP contribution < -0.4 is 4.74 Å². The van der Waals surface area contributed by atoms with Crippen molar-refractivity contribution < 1.29 is 19.4 Å². The zero-order valence-corrected chi connectivity index (χ0v) is 21.1. The van der Waals surface area contributed by atoms with Crippen LogP contribution in [0.15, 0.2) is 48.0 Å². The molecular formula is C28H36N2O4. The van der Waals surface area contributed by atoms with Gasteiger partial charge in [0.25, 0.3) is 11.7 Å². The van der Waals surface area contributed by atoms with Crippen molar-refractivity contribution in [3.63, 3.8) is 0 Å². The lowest BCUT2D eigenvalue weighted by atomic mass is 9.92. The summed E-state index contributed by atoms with van der Waals surface area (Å²) in [6.07, 6.45) is 0.725. The van der Waals surface area contributed by atoms with Crippen LogP contribution in [-0.4, -0.2) is 60.4 Å². The third-order valence-electron chi connectivity index (χ3n) is 6.11. The van der Waals surface area contributed by atoms with E-state index in [-0.39, 0.29) is 17.3 Å². The van der Waals surface area contributed by atoms with Crippen LogP contribution in [0.4, 0.5) is 0 Å². The molecule has 0 aromatic heterocycles. The van der Waals surface area contributed by atoms with E-state index in [1.165, 1.54) is 0 Å². The van der Waals surface area contributed by atoms with Gasteiger partial charge in [0.05, 0.1) is 18.2 Å². The molecule has 0 spiro atoms. The second-order valence-electron chi connectivity index (χ2n) is 9.40. The number of Topliss-reactive ketones (excluding diaryl/α,β-unsaturated/α-hetero) is 1. The number of aliphatic hydroxyl groups excluding tert-OH is 1. The maximum Gasteiger partial charge on any atom is 0.295 e. The van der Waals surface area contributed by atoms with Gasteiger partial charge < -0.3 is 19.6 Å². The van der Waals surface area contributed by atoms with Crippen molar-refractivity contribution in [1.82, 2.24) is 9.80 Å². The van der Waals surface area contributed by atoms with Crippen molar-refractivity contribution >= 4 is 17.4 Å². The van der Waals surface area contributed by atoms with Crippen molar-refractivity contribution in [2.45, 2.75) is 46.1 Å². The minimum atomic E-state index is -0.645. The summed E-state index contributed by atoms with van der Waals surface area (Å²) in [5.74, 6) is -0.440. The Hall–Kier alpha value is -3.12. The Morgan fingerprint density at radius 1 is 1.15 bits per heavy atom. The second-order valence-corrected chi connectivity index (χ2v) is 9.40. The quantitative estimate of drug-likeness (QED) is 0.325. The summed E-state index contributed by atoms with van der Waals surface area (Å²) < 4.78 is 5.75. The highest BCUT2D eigenvalue weighted by molar-refractivity contribution is 6.46. The standard InChI is InChI=1S/C28H36N2O4/c1-7-34-23-13-12-21(17-22(23)18(2)3)26(31)24-25(20-11-8-10-19(4)16-20)30(28(33)27(24)32)15-9-14-29(5)6/h8,10-13,16-18,25,31H,7,9,14-15H2,1-6H3/b26-24-. The molecule has 1 heterocycles. The first-order valence-corrected chi connectivity index (χ1v) is 11.9. The molecule has 3 rings (SSSR count). The normalized spacial score (nSPS) is 17.8. The summed E-state index contributed by atoms with van der Waals surface area (Å²) >= 11 is 0. The molecule has 1 atom stereocenters. The summed E-state index contributed by atoms with van der Waals surface area (Å²) in [5.41, 5.74) is 3.44. The molecule has 182 valence electrons. The maximum atomic E-state index is 13.2. The Bertz CT molecular complexity index is 1090. The second kappa shape index (κ2) is 10.9. The van der Waals surface area contributed by atoms with E-state index in [1.807, 2.05) is 69.2 Å². The van der Waals surface area contributed by atoms with E-state index in [1.54, 1.807) is 11.0 Å². The number of likely N-dealkylation sites (tertiary alicyclic amines) is 1. The molecule has 0 aliphatic carbocycles. The Balaban J connectivity index is 2.13. The number of hydrogen-bond donors (Lipinski definition) is 1. The largest absolute Gasteiger partial charge is 0.507 e. The highest BCUT2D eigenvalue weighted by Crippen LogP contribution is 2.40. The fourth-order valence-corrected chi connectivity index (χ4v) is 4.44. The molecule has 1 aliphatic rings. The van der Waals surface area contributed by atoms with Crippen LogP contribution in [0.2, 0.25) is 0 Å². The monoisotopic (exact) mass is 464 g/mol. The summed E-state index contributed by atoms with van der Waals surface area (Å²) in [6, 6.07) is 12.6. The third kappa shape index (κ3) is 5.33. The maximum absolute atomic E-state index is 13.2. The van der Waals surface area contributed by atoms with Gasteiger partial charge in [-0.2, -0.15) is 0 Å². The Morgan fingerprint density at radius 2 is 1.88 bits per heavy atom. The van der Waals surface area contributed by atoms with E-state index >= 15 is 0 Å². The summed E-state index contributed by atoms with van der Waals surface area (Å²) in [6.45, 7) is 9.77. The molecule has 6 nitrogen and oxygen atoms in total. The molecule has 1 fully saturated rings. The molecule has 1 unspecified atom stereocenters. The number of rotatable bonds is 9. The highest BCUT2D eigenvalue weighted by Gasteiger charge is 2.45. The first kappa shape index (κ1) is 25.5. The number of aliphatic hydroxyl groups is 1. The third-order valence-corrected chi connectivity index (χ3v) is 6.11. The smallest absolute Gasteiger partial charge is 0.295 e. The van der Waals surface area contributed by atoms with E-state index in [2.05, 4.69) is 13.8 Å². The van der Waals surface area contributed by atoms with Crippen LogP contribution in [0.5, 0.6) is 5.75 Å². The van der Waals surface area contributed by atoms with Crippen LogP contribution in [0.1, 0.15) is 61.4 Å². The summed E-state index contributed by atoms with van der Waals surface area (Å²) in [7, 11) is 3.95. The predicted octanol–water partition coefficient (Wildman–Crippen LogP) is 4.89. The zero-order chi connectivity index (χ0) is 25.0. The predicted molar refractivity (Wildman–Crippen MR) is 135 cm³/mol. The molecule has 34 heavy (non-hydrogen) atoms. The lowest BCUT2D eigenvalue weighted by Gasteiger charge is -2.26. The van der Waals surface area contributed by atoms with E-state index < -0.39 is 17.7 Å². The molecule has 2 aromatic carbocycles. The number of ether oxygens (including phenoxy) is 1. The first-order chi connectivity index (χ1) is 16.1. The van der Waals surface area contributed by atoms with Crippen LogP contribution in [0.25, 0.3) is 5.76 Å². The summed E-state index contributed by atoms with van der Waals surface area (Å²) in [4.78, 5) is 30.0. The Kier molecular flexibility index (Phi) is 8.15. The van der Waals surface area contributed by atoms with Gasteiger partial charge in [0, 0.05) is 12.1 Å². The van der Waals surface area contributed by atoms with Gasteiger partial charge in [-0.25, -0.2) is 0 Å². The van der Waals surface area contributed by atoms with E-state index in [9.17, 15) is 14.7 Å². The molecule has 1 N–H and O–H groups in total. The lowest BCUT2D eigenvalue weighted by molar-refractivity contribution is -0.139. The topological polar surface area (TPSA) is 70.1 Å². The van der Waals surface area contributed by atoms with E-state index in [4.69, 9.17) is 4.74 Å². The minimum Gasteiger partial charge on any atom is -0.507 e. The van der Waals surface area contributed by atoms with Gasteiger partial charge in [0.15, 0.2) is 0 Å². The van der Waals surface area contributed by atoms with Gasteiger partial charge in [-0.3, -0.25) is 9.59 Å². The SMILES string of the molecule is CCOc1ccc(/C(O)=C2/C(=O)C(=O)N(CCCN(C)C)C2c2cccc(C)c2)cc1C(C)C. The molecule has 1 amide bonds. The fraction of sp³-hybridized carbons (Fsp3) is 0.429.